The van der Waals surface area contributed by atoms with Crippen LogP contribution in [0.5, 0.6) is 0 Å². The van der Waals surface area contributed by atoms with Crippen LogP contribution in [0.25, 0.3) is 0 Å². The zero-order valence-electron chi connectivity index (χ0n) is 10.8. The summed E-state index contributed by atoms with van der Waals surface area (Å²) < 4.78 is 22.9. The number of carbonyl (C=O) groups is 1. The predicted octanol–water partition coefficient (Wildman–Crippen LogP) is -0.223. The largest absolute Gasteiger partial charge is 0.372 e. The van der Waals surface area contributed by atoms with Crippen molar-refractivity contribution in [3.8, 4) is 0 Å². The number of amides is 1. The minimum atomic E-state index is -3.03. The summed E-state index contributed by atoms with van der Waals surface area (Å²) in [6, 6.07) is 2.90. The van der Waals surface area contributed by atoms with Gasteiger partial charge in [-0.15, -0.1) is 10.2 Å². The number of nitrogens with one attached hydrogen (secondary N) is 1. The Balaban J connectivity index is 2.15. The van der Waals surface area contributed by atoms with Gasteiger partial charge < -0.3 is 10.2 Å². The SMILES string of the molecule is CNc1ccc(C(=O)N2CCS(=O)(=O)CC2C)nn1. The molecular formula is C11H16N4O3S. The molecule has 7 nitrogen and oxygen atoms in total. The van der Waals surface area contributed by atoms with Gasteiger partial charge in [0.05, 0.1) is 11.5 Å². The highest BCUT2D eigenvalue weighted by Crippen LogP contribution is 2.14. The van der Waals surface area contributed by atoms with Crippen molar-refractivity contribution in [3.05, 3.63) is 17.8 Å². The van der Waals surface area contributed by atoms with E-state index in [0.717, 1.165) is 0 Å². The summed E-state index contributed by atoms with van der Waals surface area (Å²) in [5.41, 5.74) is 0.227. The molecule has 1 aromatic rings. The van der Waals surface area contributed by atoms with E-state index in [-0.39, 0.29) is 35.7 Å². The number of rotatable bonds is 2. The lowest BCUT2D eigenvalue weighted by atomic mass is 10.2. The molecule has 104 valence electrons. The quantitative estimate of drug-likeness (QED) is 0.807. The number of aromatic nitrogens is 2. The second kappa shape index (κ2) is 5.12. The van der Waals surface area contributed by atoms with E-state index in [0.29, 0.717) is 5.82 Å². The Hall–Kier alpha value is -1.70. The molecular weight excluding hydrogens is 268 g/mol. The average Bonchev–Trinajstić information content (AvgIpc) is 2.37. The van der Waals surface area contributed by atoms with Crippen LogP contribution in [0.1, 0.15) is 17.4 Å². The molecule has 1 aromatic heterocycles. The van der Waals surface area contributed by atoms with Crippen LogP contribution in [0.4, 0.5) is 5.82 Å². The number of sulfone groups is 1. The first kappa shape index (κ1) is 13.7. The van der Waals surface area contributed by atoms with Crippen LogP contribution in [0.2, 0.25) is 0 Å². The van der Waals surface area contributed by atoms with Gasteiger partial charge in [-0.1, -0.05) is 0 Å². The van der Waals surface area contributed by atoms with Crippen molar-refractivity contribution < 1.29 is 13.2 Å². The maximum absolute atomic E-state index is 12.2. The summed E-state index contributed by atoms with van der Waals surface area (Å²) in [4.78, 5) is 13.8. The normalized spacial score (nSPS) is 22.0. The van der Waals surface area contributed by atoms with E-state index < -0.39 is 9.84 Å². The van der Waals surface area contributed by atoms with Crippen LogP contribution < -0.4 is 5.32 Å². The fourth-order valence-corrected chi connectivity index (χ4v) is 3.58. The maximum atomic E-state index is 12.2. The van der Waals surface area contributed by atoms with Crippen LogP contribution in [0.15, 0.2) is 12.1 Å². The molecule has 1 unspecified atom stereocenters. The summed E-state index contributed by atoms with van der Waals surface area (Å²) in [7, 11) is -1.32. The van der Waals surface area contributed by atoms with Crippen molar-refractivity contribution in [1.29, 1.82) is 0 Å². The fraction of sp³-hybridized carbons (Fsp3) is 0.545. The molecule has 0 radical (unpaired) electrons. The molecule has 0 bridgehead atoms. The van der Waals surface area contributed by atoms with Gasteiger partial charge in [-0.2, -0.15) is 0 Å². The number of nitrogens with zero attached hydrogens (tertiary/aromatic N) is 3. The molecule has 1 saturated heterocycles. The minimum absolute atomic E-state index is 0.000762. The van der Waals surface area contributed by atoms with E-state index in [2.05, 4.69) is 15.5 Å². The molecule has 1 aliphatic heterocycles. The fourth-order valence-electron chi connectivity index (χ4n) is 2.03. The van der Waals surface area contributed by atoms with Crippen molar-refractivity contribution >= 4 is 21.6 Å². The van der Waals surface area contributed by atoms with Crippen LogP contribution in [-0.4, -0.2) is 60.6 Å². The first-order chi connectivity index (χ1) is 8.93. The molecule has 0 spiro atoms. The Morgan fingerprint density at radius 3 is 2.68 bits per heavy atom. The van der Waals surface area contributed by atoms with Crippen molar-refractivity contribution in [3.63, 3.8) is 0 Å². The lowest BCUT2D eigenvalue weighted by Gasteiger charge is -2.32. The van der Waals surface area contributed by atoms with Crippen molar-refractivity contribution in [2.45, 2.75) is 13.0 Å². The smallest absolute Gasteiger partial charge is 0.274 e. The average molecular weight is 284 g/mol. The number of carbonyl (C=O) groups excluding carboxylic acids is 1. The summed E-state index contributed by atoms with van der Waals surface area (Å²) in [6.45, 7) is 1.93. The number of hydrogen-bond donors (Lipinski definition) is 1. The summed E-state index contributed by atoms with van der Waals surface area (Å²) >= 11 is 0. The molecule has 1 amide bonds. The van der Waals surface area contributed by atoms with E-state index in [4.69, 9.17) is 0 Å². The second-order valence-electron chi connectivity index (χ2n) is 4.52. The third-order valence-corrected chi connectivity index (χ3v) is 4.87. The molecule has 1 aliphatic rings. The molecule has 1 fully saturated rings. The van der Waals surface area contributed by atoms with Gasteiger partial charge in [0.1, 0.15) is 5.82 Å². The highest BCUT2D eigenvalue weighted by atomic mass is 32.2. The Morgan fingerprint density at radius 1 is 1.42 bits per heavy atom. The van der Waals surface area contributed by atoms with Gasteiger partial charge in [0.15, 0.2) is 15.5 Å². The van der Waals surface area contributed by atoms with E-state index in [1.165, 1.54) is 4.90 Å². The first-order valence-electron chi connectivity index (χ1n) is 5.96. The van der Waals surface area contributed by atoms with Gasteiger partial charge in [-0.05, 0) is 19.1 Å². The molecule has 2 rings (SSSR count). The topological polar surface area (TPSA) is 92.3 Å². The van der Waals surface area contributed by atoms with Gasteiger partial charge in [-0.25, -0.2) is 8.42 Å². The van der Waals surface area contributed by atoms with Crippen LogP contribution in [-0.2, 0) is 9.84 Å². The number of hydrogen-bond acceptors (Lipinski definition) is 6. The minimum Gasteiger partial charge on any atom is -0.372 e. The maximum Gasteiger partial charge on any atom is 0.274 e. The lowest BCUT2D eigenvalue weighted by Crippen LogP contribution is -2.49. The molecule has 0 saturated carbocycles. The first-order valence-corrected chi connectivity index (χ1v) is 7.78. The van der Waals surface area contributed by atoms with Crippen molar-refractivity contribution in [2.75, 3.05) is 30.4 Å². The molecule has 2 heterocycles. The van der Waals surface area contributed by atoms with E-state index >= 15 is 0 Å². The number of anilines is 1. The van der Waals surface area contributed by atoms with Crippen molar-refractivity contribution in [1.82, 2.24) is 15.1 Å². The van der Waals surface area contributed by atoms with Gasteiger partial charge >= 0.3 is 0 Å². The van der Waals surface area contributed by atoms with Gasteiger partial charge in [0.25, 0.3) is 5.91 Å². The molecule has 1 atom stereocenters. The van der Waals surface area contributed by atoms with Crippen LogP contribution in [0.3, 0.4) is 0 Å². The zero-order chi connectivity index (χ0) is 14.0. The molecule has 19 heavy (non-hydrogen) atoms. The van der Waals surface area contributed by atoms with Crippen LogP contribution >= 0.6 is 0 Å². The summed E-state index contributed by atoms with van der Waals surface area (Å²) in [5.74, 6) is 0.301. The highest BCUT2D eigenvalue weighted by Gasteiger charge is 2.32. The Labute approximate surface area is 111 Å². The molecule has 8 heteroatoms. The molecule has 0 aromatic carbocycles. The third-order valence-electron chi connectivity index (χ3n) is 3.07. The van der Waals surface area contributed by atoms with Crippen LogP contribution in [0, 0.1) is 0 Å². The zero-order valence-corrected chi connectivity index (χ0v) is 11.6. The molecule has 1 N–H and O–H groups in total. The lowest BCUT2D eigenvalue weighted by molar-refractivity contribution is 0.0705. The summed E-state index contributed by atoms with van der Waals surface area (Å²) in [5, 5.41) is 10.5. The van der Waals surface area contributed by atoms with Crippen molar-refractivity contribution in [2.24, 2.45) is 0 Å². The van der Waals surface area contributed by atoms with E-state index in [9.17, 15) is 13.2 Å². The predicted molar refractivity (Wildman–Crippen MR) is 70.7 cm³/mol. The molecule has 0 aliphatic carbocycles. The Morgan fingerprint density at radius 2 is 2.16 bits per heavy atom. The highest BCUT2D eigenvalue weighted by molar-refractivity contribution is 7.91. The third kappa shape index (κ3) is 3.01. The van der Waals surface area contributed by atoms with Gasteiger partial charge in [0.2, 0.25) is 0 Å². The van der Waals surface area contributed by atoms with Gasteiger partial charge in [-0.3, -0.25) is 4.79 Å². The van der Waals surface area contributed by atoms with E-state index in [1.807, 2.05) is 0 Å². The Bertz CT molecular complexity index is 570. The standard InChI is InChI=1S/C11H16N4O3S/c1-8-7-19(17,18)6-5-15(8)11(16)9-3-4-10(12-2)14-13-9/h3-4,8H,5-7H2,1-2H3,(H,12,14). The van der Waals surface area contributed by atoms with Gasteiger partial charge in [0, 0.05) is 19.6 Å². The monoisotopic (exact) mass is 284 g/mol. The second-order valence-corrected chi connectivity index (χ2v) is 6.74. The summed E-state index contributed by atoms with van der Waals surface area (Å²) in [6.07, 6.45) is 0. The van der Waals surface area contributed by atoms with E-state index in [1.54, 1.807) is 26.1 Å². The Kier molecular flexibility index (Phi) is 3.70.